The van der Waals surface area contributed by atoms with Crippen LogP contribution in [0.3, 0.4) is 0 Å². The third-order valence-electron chi connectivity index (χ3n) is 4.58. The third kappa shape index (κ3) is 2.76. The Morgan fingerprint density at radius 2 is 2.36 bits per heavy atom. The number of piperidine rings is 1. The van der Waals surface area contributed by atoms with Crippen molar-refractivity contribution in [3.05, 3.63) is 41.8 Å². The molecule has 0 N–H and O–H groups in total. The number of ether oxygens (including phenoxy) is 1. The van der Waals surface area contributed by atoms with Crippen molar-refractivity contribution < 1.29 is 9.26 Å². The number of likely N-dealkylation sites (tertiary alicyclic amines) is 1. The van der Waals surface area contributed by atoms with Crippen LogP contribution in [-0.2, 0) is 11.3 Å². The van der Waals surface area contributed by atoms with Gasteiger partial charge in [-0.05, 0) is 43.9 Å². The van der Waals surface area contributed by atoms with Gasteiger partial charge in [-0.3, -0.25) is 9.88 Å². The molecule has 2 aliphatic rings. The lowest BCUT2D eigenvalue weighted by Gasteiger charge is -2.33. The van der Waals surface area contributed by atoms with Crippen molar-refractivity contribution in [3.8, 4) is 0 Å². The molecule has 0 aliphatic carbocycles. The Hall–Kier alpha value is -1.79. The summed E-state index contributed by atoms with van der Waals surface area (Å²) in [7, 11) is 0. The molecular weight excluding hydrogens is 280 g/mol. The molecular formula is C16H20N4O2. The van der Waals surface area contributed by atoms with Gasteiger partial charge in [-0.15, -0.1) is 0 Å². The van der Waals surface area contributed by atoms with Crippen molar-refractivity contribution >= 4 is 0 Å². The normalized spacial score (nSPS) is 28.7. The number of hydrogen-bond acceptors (Lipinski definition) is 6. The van der Waals surface area contributed by atoms with Crippen LogP contribution in [0.25, 0.3) is 0 Å². The molecule has 2 saturated heterocycles. The second-order valence-electron chi connectivity index (χ2n) is 6.22. The first kappa shape index (κ1) is 13.8. The van der Waals surface area contributed by atoms with Gasteiger partial charge in [-0.25, -0.2) is 0 Å². The number of aromatic nitrogens is 3. The average Bonchev–Trinajstić information content (AvgIpc) is 3.14. The maximum Gasteiger partial charge on any atom is 0.255 e. The van der Waals surface area contributed by atoms with Crippen LogP contribution < -0.4 is 0 Å². The Morgan fingerprint density at radius 3 is 3.14 bits per heavy atom. The highest BCUT2D eigenvalue weighted by molar-refractivity contribution is 5.08. The predicted molar refractivity (Wildman–Crippen MR) is 78.9 cm³/mol. The van der Waals surface area contributed by atoms with Crippen LogP contribution >= 0.6 is 0 Å². The van der Waals surface area contributed by atoms with E-state index in [0.717, 1.165) is 32.5 Å². The zero-order valence-corrected chi connectivity index (χ0v) is 12.7. The Kier molecular flexibility index (Phi) is 3.63. The van der Waals surface area contributed by atoms with E-state index in [1.165, 1.54) is 5.56 Å². The van der Waals surface area contributed by atoms with Crippen molar-refractivity contribution in [1.29, 1.82) is 0 Å². The molecule has 0 bridgehead atoms. The van der Waals surface area contributed by atoms with Crippen molar-refractivity contribution in [2.45, 2.75) is 38.5 Å². The van der Waals surface area contributed by atoms with Gasteiger partial charge >= 0.3 is 0 Å². The van der Waals surface area contributed by atoms with Crippen molar-refractivity contribution in [3.63, 3.8) is 0 Å². The molecule has 116 valence electrons. The summed E-state index contributed by atoms with van der Waals surface area (Å²) in [6, 6.07) is 4.11. The van der Waals surface area contributed by atoms with Gasteiger partial charge in [0.2, 0.25) is 0 Å². The molecule has 2 aliphatic heterocycles. The van der Waals surface area contributed by atoms with E-state index in [9.17, 15) is 0 Å². The first-order valence-electron chi connectivity index (χ1n) is 7.85. The first-order valence-corrected chi connectivity index (χ1v) is 7.85. The summed E-state index contributed by atoms with van der Waals surface area (Å²) in [4.78, 5) is 10.9. The molecule has 0 unspecified atom stereocenters. The highest BCUT2D eigenvalue weighted by Gasteiger charge is 2.41. The van der Waals surface area contributed by atoms with E-state index in [4.69, 9.17) is 9.26 Å². The predicted octanol–water partition coefficient (Wildman–Crippen LogP) is 2.13. The van der Waals surface area contributed by atoms with Gasteiger partial charge < -0.3 is 9.26 Å². The molecule has 0 amide bonds. The van der Waals surface area contributed by atoms with Crippen molar-refractivity contribution in [2.24, 2.45) is 5.92 Å². The lowest BCUT2D eigenvalue weighted by Crippen LogP contribution is -2.41. The summed E-state index contributed by atoms with van der Waals surface area (Å²) in [5, 5.41) is 3.87. The van der Waals surface area contributed by atoms with E-state index in [0.29, 0.717) is 17.6 Å². The van der Waals surface area contributed by atoms with Gasteiger partial charge in [0, 0.05) is 25.5 Å². The van der Waals surface area contributed by atoms with Crippen LogP contribution in [0.2, 0.25) is 0 Å². The lowest BCUT2D eigenvalue weighted by molar-refractivity contribution is -0.0190. The van der Waals surface area contributed by atoms with Gasteiger partial charge in [-0.1, -0.05) is 11.2 Å². The van der Waals surface area contributed by atoms with Crippen LogP contribution in [0.1, 0.15) is 36.2 Å². The standard InChI is InChI=1S/C16H20N4O2/c1-11-18-16(22-19-11)14-7-13-4-6-20(10-15(13)21-14)9-12-3-2-5-17-8-12/h2-3,5,8,13-15H,4,6-7,9-10H2,1H3/t13-,14+,15+/m0/s1. The highest BCUT2D eigenvalue weighted by Crippen LogP contribution is 2.40. The zero-order chi connectivity index (χ0) is 14.9. The molecule has 2 aromatic heterocycles. The van der Waals surface area contributed by atoms with Gasteiger partial charge in [0.05, 0.1) is 6.10 Å². The molecule has 0 aromatic carbocycles. The molecule has 6 nitrogen and oxygen atoms in total. The third-order valence-corrected chi connectivity index (χ3v) is 4.58. The summed E-state index contributed by atoms with van der Waals surface area (Å²) in [5.41, 5.74) is 1.25. The fourth-order valence-electron chi connectivity index (χ4n) is 3.49. The first-order chi connectivity index (χ1) is 10.8. The number of rotatable bonds is 3. The molecule has 0 saturated carbocycles. The Labute approximate surface area is 129 Å². The molecule has 4 heterocycles. The second-order valence-corrected chi connectivity index (χ2v) is 6.22. The zero-order valence-electron chi connectivity index (χ0n) is 12.7. The van der Waals surface area contributed by atoms with Crippen molar-refractivity contribution in [1.82, 2.24) is 20.0 Å². The van der Waals surface area contributed by atoms with E-state index in [-0.39, 0.29) is 12.2 Å². The van der Waals surface area contributed by atoms with Gasteiger partial charge in [0.1, 0.15) is 6.10 Å². The van der Waals surface area contributed by atoms with Crippen LogP contribution in [0.5, 0.6) is 0 Å². The Morgan fingerprint density at radius 1 is 1.41 bits per heavy atom. The molecule has 2 aromatic rings. The molecule has 6 heteroatoms. The number of pyridine rings is 1. The summed E-state index contributed by atoms with van der Waals surface area (Å²) in [5.74, 6) is 1.90. The number of fused-ring (bicyclic) bond motifs is 1. The second kappa shape index (κ2) is 5.78. The Bertz CT molecular complexity index is 630. The molecule has 0 spiro atoms. The summed E-state index contributed by atoms with van der Waals surface area (Å²) < 4.78 is 11.4. The van der Waals surface area contributed by atoms with E-state index in [2.05, 4.69) is 26.1 Å². The maximum absolute atomic E-state index is 6.18. The summed E-state index contributed by atoms with van der Waals surface area (Å²) in [6.45, 7) is 4.84. The molecule has 2 fully saturated rings. The topological polar surface area (TPSA) is 64.3 Å². The average molecular weight is 300 g/mol. The van der Waals surface area contributed by atoms with Gasteiger partial charge in [0.25, 0.3) is 5.89 Å². The SMILES string of the molecule is Cc1noc([C@H]2C[C@@H]3CCN(Cc4cccnc4)C[C@H]3O2)n1. The number of aryl methyl sites for hydroxylation is 1. The summed E-state index contributed by atoms with van der Waals surface area (Å²) in [6.07, 6.45) is 6.14. The van der Waals surface area contributed by atoms with Gasteiger partial charge in [0.15, 0.2) is 5.82 Å². The minimum Gasteiger partial charge on any atom is -0.364 e. The lowest BCUT2D eigenvalue weighted by atomic mass is 9.91. The molecule has 4 rings (SSSR count). The van der Waals surface area contributed by atoms with Crippen LogP contribution in [0, 0.1) is 12.8 Å². The minimum absolute atomic E-state index is 0.0328. The largest absolute Gasteiger partial charge is 0.364 e. The highest BCUT2D eigenvalue weighted by atomic mass is 16.5. The maximum atomic E-state index is 6.18. The smallest absolute Gasteiger partial charge is 0.255 e. The quantitative estimate of drug-likeness (QED) is 0.865. The summed E-state index contributed by atoms with van der Waals surface area (Å²) >= 11 is 0. The minimum atomic E-state index is -0.0328. The molecule has 22 heavy (non-hydrogen) atoms. The fraction of sp³-hybridized carbons (Fsp3) is 0.562. The van der Waals surface area contributed by atoms with Crippen LogP contribution in [0.15, 0.2) is 29.0 Å². The van der Waals surface area contributed by atoms with E-state index >= 15 is 0 Å². The van der Waals surface area contributed by atoms with Crippen LogP contribution in [-0.4, -0.2) is 39.2 Å². The molecule has 3 atom stereocenters. The monoisotopic (exact) mass is 300 g/mol. The van der Waals surface area contributed by atoms with Crippen LogP contribution in [0.4, 0.5) is 0 Å². The number of nitrogens with zero attached hydrogens (tertiary/aromatic N) is 4. The van der Waals surface area contributed by atoms with Crippen molar-refractivity contribution in [2.75, 3.05) is 13.1 Å². The fourth-order valence-corrected chi connectivity index (χ4v) is 3.49. The van der Waals surface area contributed by atoms with E-state index in [1.54, 1.807) is 0 Å². The Balaban J connectivity index is 1.39. The van der Waals surface area contributed by atoms with E-state index in [1.807, 2.05) is 25.4 Å². The van der Waals surface area contributed by atoms with E-state index < -0.39 is 0 Å². The van der Waals surface area contributed by atoms with Gasteiger partial charge in [-0.2, -0.15) is 4.98 Å². The number of hydrogen-bond donors (Lipinski definition) is 0. The molecule has 0 radical (unpaired) electrons.